The van der Waals surface area contributed by atoms with Crippen LogP contribution >= 0.6 is 11.3 Å². The first kappa shape index (κ1) is 16.5. The fraction of sp³-hybridized carbons (Fsp3) is 0.647. The van der Waals surface area contributed by atoms with Crippen molar-refractivity contribution in [3.63, 3.8) is 0 Å². The van der Waals surface area contributed by atoms with E-state index >= 15 is 0 Å². The summed E-state index contributed by atoms with van der Waals surface area (Å²) >= 11 is 1.57. The molecular formula is C17H24N2O3S. The molecule has 0 saturated carbocycles. The van der Waals surface area contributed by atoms with Crippen molar-refractivity contribution in [2.24, 2.45) is 5.92 Å². The lowest BCUT2D eigenvalue weighted by molar-refractivity contribution is -0.143. The highest BCUT2D eigenvalue weighted by atomic mass is 32.1. The maximum Gasteiger partial charge on any atom is 0.245 e. The fourth-order valence-corrected chi connectivity index (χ4v) is 4.33. The molecule has 2 fully saturated rings. The van der Waals surface area contributed by atoms with Crippen LogP contribution in [0.4, 0.5) is 0 Å². The summed E-state index contributed by atoms with van der Waals surface area (Å²) < 4.78 is 0. The van der Waals surface area contributed by atoms with Gasteiger partial charge in [0.25, 0.3) is 0 Å². The highest BCUT2D eigenvalue weighted by Crippen LogP contribution is 2.26. The Labute approximate surface area is 140 Å². The van der Waals surface area contributed by atoms with Gasteiger partial charge in [0.1, 0.15) is 6.04 Å². The van der Waals surface area contributed by atoms with E-state index < -0.39 is 6.10 Å². The predicted octanol–water partition coefficient (Wildman–Crippen LogP) is 1.51. The topological polar surface area (TPSA) is 60.9 Å². The van der Waals surface area contributed by atoms with Crippen molar-refractivity contribution in [2.45, 2.75) is 44.8 Å². The van der Waals surface area contributed by atoms with Gasteiger partial charge < -0.3 is 14.9 Å². The second kappa shape index (κ2) is 7.01. The number of carbonyl (C=O) groups is 2. The molecule has 0 bridgehead atoms. The van der Waals surface area contributed by atoms with Crippen LogP contribution in [0.1, 0.15) is 31.1 Å². The number of hydrogen-bond acceptors (Lipinski definition) is 4. The van der Waals surface area contributed by atoms with Crippen molar-refractivity contribution < 1.29 is 14.7 Å². The van der Waals surface area contributed by atoms with Gasteiger partial charge in [-0.15, -0.1) is 11.3 Å². The largest absolute Gasteiger partial charge is 0.391 e. The molecule has 2 saturated heterocycles. The molecule has 5 nitrogen and oxygen atoms in total. The summed E-state index contributed by atoms with van der Waals surface area (Å²) in [5.41, 5.74) is 0. The number of aliphatic hydroxyl groups is 1. The molecule has 0 spiro atoms. The summed E-state index contributed by atoms with van der Waals surface area (Å²) in [6, 6.07) is 3.56. The molecule has 6 heteroatoms. The van der Waals surface area contributed by atoms with Gasteiger partial charge in [0.05, 0.1) is 12.5 Å². The molecular weight excluding hydrogens is 312 g/mol. The van der Waals surface area contributed by atoms with Gasteiger partial charge in [-0.1, -0.05) is 13.0 Å². The quantitative estimate of drug-likeness (QED) is 0.907. The Kier molecular flexibility index (Phi) is 5.02. The number of aliphatic hydroxyl groups excluding tert-OH is 1. The van der Waals surface area contributed by atoms with Crippen LogP contribution < -0.4 is 0 Å². The Morgan fingerprint density at radius 2 is 2.22 bits per heavy atom. The van der Waals surface area contributed by atoms with E-state index in [0.717, 1.165) is 24.1 Å². The fourth-order valence-electron chi connectivity index (χ4n) is 3.63. The molecule has 3 heterocycles. The zero-order valence-electron chi connectivity index (χ0n) is 13.5. The van der Waals surface area contributed by atoms with E-state index in [4.69, 9.17) is 0 Å². The van der Waals surface area contributed by atoms with Crippen LogP contribution in [0.15, 0.2) is 17.5 Å². The third-order valence-corrected chi connectivity index (χ3v) is 5.88. The van der Waals surface area contributed by atoms with E-state index in [9.17, 15) is 14.7 Å². The molecule has 23 heavy (non-hydrogen) atoms. The summed E-state index contributed by atoms with van der Waals surface area (Å²) in [5.74, 6) is 0.211. The number of likely N-dealkylation sites (tertiary alicyclic amines) is 2. The highest BCUT2D eigenvalue weighted by molar-refractivity contribution is 7.10. The van der Waals surface area contributed by atoms with Gasteiger partial charge in [-0.05, 0) is 30.7 Å². The van der Waals surface area contributed by atoms with Crippen LogP contribution in [0.2, 0.25) is 0 Å². The molecule has 3 atom stereocenters. The summed E-state index contributed by atoms with van der Waals surface area (Å²) in [7, 11) is 0. The van der Waals surface area contributed by atoms with E-state index in [1.807, 2.05) is 24.4 Å². The summed E-state index contributed by atoms with van der Waals surface area (Å²) in [5, 5.41) is 12.0. The van der Waals surface area contributed by atoms with Crippen molar-refractivity contribution in [3.8, 4) is 0 Å². The van der Waals surface area contributed by atoms with Crippen LogP contribution in [0.5, 0.6) is 0 Å². The van der Waals surface area contributed by atoms with Crippen LogP contribution in [0.25, 0.3) is 0 Å². The van der Waals surface area contributed by atoms with Gasteiger partial charge in [0.15, 0.2) is 0 Å². The van der Waals surface area contributed by atoms with E-state index in [-0.39, 0.29) is 23.8 Å². The molecule has 1 aromatic rings. The van der Waals surface area contributed by atoms with Crippen LogP contribution in [-0.2, 0) is 16.0 Å². The second-order valence-corrected chi connectivity index (χ2v) is 7.51. The molecule has 2 aliphatic rings. The zero-order chi connectivity index (χ0) is 16.4. The first-order valence-corrected chi connectivity index (χ1v) is 9.26. The normalized spacial score (nSPS) is 27.7. The Hall–Kier alpha value is -1.40. The first-order valence-electron chi connectivity index (χ1n) is 8.38. The van der Waals surface area contributed by atoms with Gasteiger partial charge in [-0.2, -0.15) is 0 Å². The molecule has 2 amide bonds. The van der Waals surface area contributed by atoms with Crippen molar-refractivity contribution in [1.82, 2.24) is 9.80 Å². The van der Waals surface area contributed by atoms with Gasteiger partial charge in [-0.3, -0.25) is 9.59 Å². The average Bonchev–Trinajstić information content (AvgIpc) is 3.26. The minimum absolute atomic E-state index is 0.0111. The number of hydrogen-bond donors (Lipinski definition) is 1. The average molecular weight is 336 g/mol. The van der Waals surface area contributed by atoms with Crippen LogP contribution in [0.3, 0.4) is 0 Å². The second-order valence-electron chi connectivity index (χ2n) is 6.48. The molecule has 0 radical (unpaired) electrons. The Morgan fingerprint density at radius 1 is 1.39 bits per heavy atom. The highest BCUT2D eigenvalue weighted by Gasteiger charge is 2.40. The molecule has 0 unspecified atom stereocenters. The third-order valence-electron chi connectivity index (χ3n) is 5.01. The van der Waals surface area contributed by atoms with Gasteiger partial charge in [0.2, 0.25) is 11.8 Å². The minimum atomic E-state index is -0.430. The van der Waals surface area contributed by atoms with Crippen molar-refractivity contribution in [1.29, 1.82) is 0 Å². The number of rotatable bonds is 4. The number of thiophene rings is 1. The molecule has 3 rings (SSSR count). The van der Waals surface area contributed by atoms with Gasteiger partial charge >= 0.3 is 0 Å². The van der Waals surface area contributed by atoms with Gasteiger partial charge in [-0.25, -0.2) is 0 Å². The Balaban J connectivity index is 1.64. The van der Waals surface area contributed by atoms with Crippen molar-refractivity contribution in [3.05, 3.63) is 22.4 Å². The number of amides is 2. The summed E-state index contributed by atoms with van der Waals surface area (Å²) in [6.07, 6.45) is 2.43. The first-order chi connectivity index (χ1) is 11.1. The van der Waals surface area contributed by atoms with E-state index in [0.29, 0.717) is 26.1 Å². The molecule has 0 aliphatic carbocycles. The number of carbonyl (C=O) groups excluding carboxylic acids is 2. The van der Waals surface area contributed by atoms with Crippen molar-refractivity contribution >= 4 is 23.2 Å². The zero-order valence-corrected chi connectivity index (χ0v) is 14.3. The minimum Gasteiger partial charge on any atom is -0.391 e. The number of nitrogens with zero attached hydrogens (tertiary/aromatic N) is 2. The lowest BCUT2D eigenvalue weighted by atomic mass is 10.0. The van der Waals surface area contributed by atoms with Crippen molar-refractivity contribution in [2.75, 3.05) is 19.6 Å². The SMILES string of the molecule is CC[C@@H]1CN(C(=O)[C@@H]2CCCN2C(=O)Cc2cccs2)C[C@@H]1O. The molecule has 2 aliphatic heterocycles. The monoisotopic (exact) mass is 336 g/mol. The van der Waals surface area contributed by atoms with E-state index in [2.05, 4.69) is 0 Å². The summed E-state index contributed by atoms with van der Waals surface area (Å²) in [4.78, 5) is 29.9. The van der Waals surface area contributed by atoms with Crippen LogP contribution in [0, 0.1) is 5.92 Å². The Bertz CT molecular complexity index is 560. The third kappa shape index (κ3) is 3.43. The lowest BCUT2D eigenvalue weighted by Gasteiger charge is -2.28. The smallest absolute Gasteiger partial charge is 0.245 e. The summed E-state index contributed by atoms with van der Waals surface area (Å²) in [6.45, 7) is 3.71. The van der Waals surface area contributed by atoms with E-state index in [1.54, 1.807) is 21.1 Å². The number of β-amino-alcohol motifs (C(OH)–C–C–N with tert-alkyl or cyclic N) is 1. The van der Waals surface area contributed by atoms with Gasteiger partial charge in [0, 0.05) is 30.4 Å². The standard InChI is InChI=1S/C17H24N2O3S/c1-2-12-10-18(11-15(12)20)17(22)14-6-3-7-19(14)16(21)9-13-5-4-8-23-13/h4-5,8,12,14-15,20H,2-3,6-7,9-11H2,1H3/t12-,14+,15+/m1/s1. The maximum atomic E-state index is 12.8. The molecule has 1 aromatic heterocycles. The predicted molar refractivity (Wildman–Crippen MR) is 89.1 cm³/mol. The van der Waals surface area contributed by atoms with Crippen LogP contribution in [-0.4, -0.2) is 58.5 Å². The molecule has 126 valence electrons. The maximum absolute atomic E-state index is 12.8. The molecule has 0 aromatic carbocycles. The van der Waals surface area contributed by atoms with E-state index in [1.165, 1.54) is 0 Å². The lowest BCUT2D eigenvalue weighted by Crippen LogP contribution is -2.47. The molecule has 1 N–H and O–H groups in total. The Morgan fingerprint density at radius 3 is 2.87 bits per heavy atom.